The molecule has 1 rings (SSSR count). The van der Waals surface area contributed by atoms with E-state index in [1.807, 2.05) is 0 Å². The second-order valence-electron chi connectivity index (χ2n) is 2.21. The van der Waals surface area contributed by atoms with Crippen molar-refractivity contribution in [2.24, 2.45) is 0 Å². The van der Waals surface area contributed by atoms with Crippen molar-refractivity contribution >= 4 is 12.9 Å². The third-order valence-corrected chi connectivity index (χ3v) is 2.24. The van der Waals surface area contributed by atoms with E-state index in [9.17, 15) is 22.1 Å². The Morgan fingerprint density at radius 1 is 1.00 bits per heavy atom. The van der Waals surface area contributed by atoms with Crippen LogP contribution in [0.5, 0.6) is 0 Å². The Morgan fingerprint density at radius 2 is 1.36 bits per heavy atom. The second-order valence-corrected chi connectivity index (χ2v) is 3.75. The zero-order chi connectivity index (χ0) is 11.1. The minimum atomic E-state index is -5.42. The third-order valence-electron chi connectivity index (χ3n) is 1.27. The molecule has 4 nitrogen and oxygen atoms in total. The number of hydrogen-bond donors (Lipinski definition) is 2. The first kappa shape index (κ1) is 11.1. The summed E-state index contributed by atoms with van der Waals surface area (Å²) < 4.78 is 60.3. The number of aromatic nitrogens is 1. The van der Waals surface area contributed by atoms with Gasteiger partial charge in [0.15, 0.2) is 11.6 Å². The van der Waals surface area contributed by atoms with Crippen LogP contribution < -0.4 is 5.30 Å². The molecular weight excluding hydrogens is 229 g/mol. The molecule has 0 aromatic carbocycles. The van der Waals surface area contributed by atoms with E-state index in [0.717, 1.165) is 0 Å². The van der Waals surface area contributed by atoms with E-state index in [0.29, 0.717) is 0 Å². The molecule has 1 heterocycles. The maximum Gasteiger partial charge on any atom is 0.362 e. The van der Waals surface area contributed by atoms with Crippen molar-refractivity contribution in [3.05, 3.63) is 23.5 Å². The number of pyridine rings is 1. The lowest BCUT2D eigenvalue weighted by Gasteiger charge is -2.06. The first-order chi connectivity index (χ1) is 6.25. The average molecular weight is 231 g/mol. The average Bonchev–Trinajstić information content (AvgIpc) is 1.98. The molecule has 0 saturated carbocycles. The quantitative estimate of drug-likeness (QED) is 0.418. The molecule has 0 aliphatic rings. The summed E-state index contributed by atoms with van der Waals surface area (Å²) in [6, 6.07) is 0. The molecule has 0 aliphatic carbocycles. The van der Waals surface area contributed by atoms with E-state index in [2.05, 4.69) is 4.98 Å². The Hall–Kier alpha value is -0.980. The van der Waals surface area contributed by atoms with Crippen LogP contribution in [0.25, 0.3) is 0 Å². The van der Waals surface area contributed by atoms with Crippen LogP contribution in [0.3, 0.4) is 0 Å². The Morgan fingerprint density at radius 3 is 1.64 bits per heavy atom. The highest BCUT2D eigenvalue weighted by Gasteiger charge is 2.32. The zero-order valence-electron chi connectivity index (χ0n) is 6.21. The molecule has 0 amide bonds. The lowest BCUT2D eigenvalue weighted by atomic mass is 10.4. The molecule has 0 saturated heterocycles. The smallest absolute Gasteiger partial charge is 0.321 e. The molecule has 14 heavy (non-hydrogen) atoms. The van der Waals surface area contributed by atoms with Crippen LogP contribution in [0.2, 0.25) is 0 Å². The fraction of sp³-hybridized carbons (Fsp3) is 0. The highest BCUT2D eigenvalue weighted by atomic mass is 31.2. The Bertz CT molecular complexity index is 405. The summed E-state index contributed by atoms with van der Waals surface area (Å²) in [5.74, 6) is -8.61. The molecule has 9 heteroatoms. The van der Waals surface area contributed by atoms with E-state index in [-0.39, 0.29) is 0 Å². The molecule has 1 aromatic rings. The van der Waals surface area contributed by atoms with Gasteiger partial charge in [0, 0.05) is 0 Å². The van der Waals surface area contributed by atoms with Gasteiger partial charge in [0.05, 0.1) is 0 Å². The number of rotatable bonds is 1. The van der Waals surface area contributed by atoms with E-state index >= 15 is 0 Å². The molecule has 1 aromatic heterocycles. The van der Waals surface area contributed by atoms with Gasteiger partial charge in [-0.2, -0.15) is 13.8 Å². The molecule has 0 aliphatic heterocycles. The van der Waals surface area contributed by atoms with Gasteiger partial charge in [0.1, 0.15) is 5.30 Å². The van der Waals surface area contributed by atoms with Gasteiger partial charge in [-0.3, -0.25) is 4.57 Å². The predicted octanol–water partition coefficient (Wildman–Crippen LogP) is 0.441. The van der Waals surface area contributed by atoms with Crippen LogP contribution >= 0.6 is 7.60 Å². The van der Waals surface area contributed by atoms with E-state index in [1.165, 1.54) is 0 Å². The summed E-state index contributed by atoms with van der Waals surface area (Å²) in [5, 5.41) is -1.96. The molecule has 0 radical (unpaired) electrons. The van der Waals surface area contributed by atoms with Gasteiger partial charge in [-0.05, 0) is 0 Å². The van der Waals surface area contributed by atoms with Crippen molar-refractivity contribution in [1.29, 1.82) is 0 Å². The molecule has 2 N–H and O–H groups in total. The van der Waals surface area contributed by atoms with Crippen molar-refractivity contribution < 1.29 is 31.9 Å². The summed E-state index contributed by atoms with van der Waals surface area (Å²) in [6.07, 6.45) is 0. The maximum absolute atomic E-state index is 12.6. The van der Waals surface area contributed by atoms with Gasteiger partial charge >= 0.3 is 7.60 Å². The monoisotopic (exact) mass is 231 g/mol. The maximum atomic E-state index is 12.6. The van der Waals surface area contributed by atoms with Crippen LogP contribution in [0.4, 0.5) is 17.6 Å². The van der Waals surface area contributed by atoms with Crippen LogP contribution in [0, 0.1) is 23.5 Å². The number of nitrogens with zero attached hydrogens (tertiary/aromatic N) is 1. The van der Waals surface area contributed by atoms with E-state index in [4.69, 9.17) is 9.79 Å². The Balaban J connectivity index is 3.65. The SMILES string of the molecule is O=P(O)(O)c1c(F)c(F)nc(F)c1F. The zero-order valence-corrected chi connectivity index (χ0v) is 7.10. The van der Waals surface area contributed by atoms with Gasteiger partial charge in [0.25, 0.3) is 11.9 Å². The minimum Gasteiger partial charge on any atom is -0.321 e. The van der Waals surface area contributed by atoms with Gasteiger partial charge < -0.3 is 9.79 Å². The van der Waals surface area contributed by atoms with Gasteiger partial charge in [-0.1, -0.05) is 0 Å². The number of hydrogen-bond acceptors (Lipinski definition) is 2. The summed E-state index contributed by atoms with van der Waals surface area (Å²) in [7, 11) is -5.42. The molecule has 0 spiro atoms. The normalized spacial score (nSPS) is 11.9. The predicted molar refractivity (Wildman–Crippen MR) is 35.7 cm³/mol. The highest BCUT2D eigenvalue weighted by molar-refractivity contribution is 7.60. The summed E-state index contributed by atoms with van der Waals surface area (Å²) >= 11 is 0. The largest absolute Gasteiger partial charge is 0.362 e. The molecular formula is C5H2F4NO3P. The highest BCUT2D eigenvalue weighted by Crippen LogP contribution is 2.36. The van der Waals surface area contributed by atoms with Crippen molar-refractivity contribution in [3.8, 4) is 0 Å². The third kappa shape index (κ3) is 1.77. The molecule has 0 atom stereocenters. The van der Waals surface area contributed by atoms with Gasteiger partial charge in [-0.15, -0.1) is 0 Å². The van der Waals surface area contributed by atoms with Crippen LogP contribution in [-0.2, 0) is 4.57 Å². The van der Waals surface area contributed by atoms with Crippen LogP contribution in [0.1, 0.15) is 0 Å². The van der Waals surface area contributed by atoms with E-state index in [1.54, 1.807) is 0 Å². The fourth-order valence-electron chi connectivity index (χ4n) is 0.732. The van der Waals surface area contributed by atoms with Gasteiger partial charge in [-0.25, -0.2) is 8.78 Å². The lowest BCUT2D eigenvalue weighted by molar-refractivity contribution is 0.372. The first-order valence-electron chi connectivity index (χ1n) is 3.01. The standard InChI is InChI=1S/C5H2F4NO3P/c6-1-3(14(11,12)13)2(7)5(9)10-4(1)8/h(H2,11,12,13). The summed E-state index contributed by atoms with van der Waals surface area (Å²) in [6.45, 7) is 0. The topological polar surface area (TPSA) is 70.4 Å². The minimum absolute atomic E-state index is 1.96. The lowest BCUT2D eigenvalue weighted by Crippen LogP contribution is -2.20. The van der Waals surface area contributed by atoms with Gasteiger partial charge in [0.2, 0.25) is 0 Å². The summed E-state index contributed by atoms with van der Waals surface area (Å²) in [5.41, 5.74) is 0. The van der Waals surface area contributed by atoms with Crippen LogP contribution in [-0.4, -0.2) is 14.8 Å². The number of halogens is 4. The van der Waals surface area contributed by atoms with Crippen molar-refractivity contribution in [1.82, 2.24) is 4.98 Å². The molecule has 0 fully saturated rings. The van der Waals surface area contributed by atoms with Crippen LogP contribution in [0.15, 0.2) is 0 Å². The van der Waals surface area contributed by atoms with Crippen molar-refractivity contribution in [3.63, 3.8) is 0 Å². The van der Waals surface area contributed by atoms with E-state index < -0.39 is 36.4 Å². The molecule has 0 bridgehead atoms. The summed E-state index contributed by atoms with van der Waals surface area (Å²) in [4.78, 5) is 18.9. The van der Waals surface area contributed by atoms with Crippen molar-refractivity contribution in [2.75, 3.05) is 0 Å². The fourth-order valence-corrected chi connectivity index (χ4v) is 1.43. The second kappa shape index (κ2) is 3.30. The molecule has 78 valence electrons. The molecule has 0 unspecified atom stereocenters. The Kier molecular flexibility index (Phi) is 2.62. The Labute approximate surface area is 74.4 Å². The first-order valence-corrected chi connectivity index (χ1v) is 4.62. The van der Waals surface area contributed by atoms with Crippen molar-refractivity contribution in [2.45, 2.75) is 0 Å².